The SMILES string of the molecule is COc1cc(C=NNC(=O)COc2ccc(C)cc2[N+](=O)[O-])cc(I)c1OC. The number of carbonyl (C=O) groups excluding carboxylic acids is 1. The summed E-state index contributed by atoms with van der Waals surface area (Å²) in [5.41, 5.74) is 3.52. The van der Waals surface area contributed by atoms with Crippen LogP contribution in [0.15, 0.2) is 35.4 Å². The van der Waals surface area contributed by atoms with E-state index in [9.17, 15) is 14.9 Å². The smallest absolute Gasteiger partial charge is 0.311 e. The summed E-state index contributed by atoms with van der Waals surface area (Å²) in [5, 5.41) is 14.9. The molecule has 0 spiro atoms. The Morgan fingerprint density at radius 2 is 2.00 bits per heavy atom. The van der Waals surface area contributed by atoms with Crippen molar-refractivity contribution in [1.82, 2.24) is 5.43 Å². The Balaban J connectivity index is 1.98. The zero-order valence-electron chi connectivity index (χ0n) is 15.4. The average molecular weight is 499 g/mol. The molecule has 0 unspecified atom stereocenters. The number of ether oxygens (including phenoxy) is 3. The van der Waals surface area contributed by atoms with Crippen molar-refractivity contribution >= 4 is 40.4 Å². The first-order chi connectivity index (χ1) is 13.3. The van der Waals surface area contributed by atoms with E-state index in [1.165, 1.54) is 25.5 Å². The number of rotatable bonds is 8. The van der Waals surface area contributed by atoms with E-state index in [1.54, 1.807) is 26.2 Å². The van der Waals surface area contributed by atoms with Gasteiger partial charge < -0.3 is 14.2 Å². The van der Waals surface area contributed by atoms with Gasteiger partial charge in [0.25, 0.3) is 5.91 Å². The van der Waals surface area contributed by atoms with Crippen LogP contribution in [-0.2, 0) is 4.79 Å². The minimum atomic E-state index is -0.558. The number of nitro groups is 1. The molecule has 148 valence electrons. The molecule has 0 saturated carbocycles. The van der Waals surface area contributed by atoms with Gasteiger partial charge in [0.1, 0.15) is 0 Å². The maximum Gasteiger partial charge on any atom is 0.311 e. The highest BCUT2D eigenvalue weighted by molar-refractivity contribution is 14.1. The Bertz CT molecular complexity index is 916. The van der Waals surface area contributed by atoms with Gasteiger partial charge in [0.05, 0.1) is 28.9 Å². The van der Waals surface area contributed by atoms with Crippen LogP contribution in [0.4, 0.5) is 5.69 Å². The highest BCUT2D eigenvalue weighted by atomic mass is 127. The predicted octanol–water partition coefficient (Wildman–Crippen LogP) is 3.05. The minimum Gasteiger partial charge on any atom is -0.493 e. The Morgan fingerprint density at radius 3 is 2.64 bits per heavy atom. The first kappa shape index (κ1) is 21.4. The van der Waals surface area contributed by atoms with E-state index in [4.69, 9.17) is 14.2 Å². The molecule has 0 aromatic heterocycles. The van der Waals surface area contributed by atoms with Crippen molar-refractivity contribution in [2.75, 3.05) is 20.8 Å². The van der Waals surface area contributed by atoms with E-state index < -0.39 is 17.4 Å². The van der Waals surface area contributed by atoms with Crippen molar-refractivity contribution in [3.63, 3.8) is 0 Å². The summed E-state index contributed by atoms with van der Waals surface area (Å²) < 4.78 is 16.6. The summed E-state index contributed by atoms with van der Waals surface area (Å²) in [7, 11) is 3.07. The van der Waals surface area contributed by atoms with E-state index in [-0.39, 0.29) is 11.4 Å². The lowest BCUT2D eigenvalue weighted by Gasteiger charge is -2.10. The van der Waals surface area contributed by atoms with Crippen LogP contribution in [0, 0.1) is 20.6 Å². The predicted molar refractivity (Wildman–Crippen MR) is 111 cm³/mol. The van der Waals surface area contributed by atoms with Gasteiger partial charge in [0.15, 0.2) is 23.9 Å². The Kier molecular flexibility index (Phi) is 7.55. The van der Waals surface area contributed by atoms with Crippen LogP contribution < -0.4 is 19.6 Å². The maximum atomic E-state index is 11.9. The highest BCUT2D eigenvalue weighted by Gasteiger charge is 2.16. The molecule has 1 amide bonds. The van der Waals surface area contributed by atoms with Gasteiger partial charge in [0.2, 0.25) is 0 Å². The summed E-state index contributed by atoms with van der Waals surface area (Å²) >= 11 is 2.10. The number of nitrogens with zero attached hydrogens (tertiary/aromatic N) is 2. The van der Waals surface area contributed by atoms with Crippen LogP contribution in [0.5, 0.6) is 17.2 Å². The molecule has 2 aromatic rings. The van der Waals surface area contributed by atoms with Gasteiger partial charge >= 0.3 is 5.69 Å². The fraction of sp³-hybridized carbons (Fsp3) is 0.222. The van der Waals surface area contributed by atoms with Crippen molar-refractivity contribution in [3.05, 3.63) is 55.1 Å². The first-order valence-corrected chi connectivity index (χ1v) is 9.04. The van der Waals surface area contributed by atoms with E-state index in [2.05, 4.69) is 33.1 Å². The lowest BCUT2D eigenvalue weighted by molar-refractivity contribution is -0.385. The van der Waals surface area contributed by atoms with Gasteiger partial charge in [0, 0.05) is 6.07 Å². The Hall–Kier alpha value is -2.89. The molecular weight excluding hydrogens is 481 g/mol. The lowest BCUT2D eigenvalue weighted by atomic mass is 10.2. The van der Waals surface area contributed by atoms with Crippen LogP contribution >= 0.6 is 22.6 Å². The van der Waals surface area contributed by atoms with E-state index >= 15 is 0 Å². The molecule has 2 rings (SSSR count). The molecule has 2 aromatic carbocycles. The first-order valence-electron chi connectivity index (χ1n) is 7.97. The second kappa shape index (κ2) is 9.88. The van der Waals surface area contributed by atoms with Crippen LogP contribution in [0.25, 0.3) is 0 Å². The Labute approximate surface area is 175 Å². The Morgan fingerprint density at radius 1 is 1.25 bits per heavy atom. The molecule has 0 saturated heterocycles. The summed E-state index contributed by atoms with van der Waals surface area (Å²) in [6.45, 7) is 1.32. The third kappa shape index (κ3) is 5.55. The molecule has 0 aliphatic heterocycles. The van der Waals surface area contributed by atoms with Crippen molar-refractivity contribution in [3.8, 4) is 17.2 Å². The van der Waals surface area contributed by atoms with Crippen LogP contribution in [0.2, 0.25) is 0 Å². The van der Waals surface area contributed by atoms with Crippen LogP contribution in [-0.4, -0.2) is 37.9 Å². The number of aryl methyl sites for hydroxylation is 1. The molecule has 9 nitrogen and oxygen atoms in total. The molecule has 1 N–H and O–H groups in total. The molecule has 0 radical (unpaired) electrons. The zero-order valence-corrected chi connectivity index (χ0v) is 17.6. The lowest BCUT2D eigenvalue weighted by Crippen LogP contribution is -2.24. The molecule has 0 fully saturated rings. The largest absolute Gasteiger partial charge is 0.493 e. The normalized spacial score (nSPS) is 10.6. The summed E-state index contributed by atoms with van der Waals surface area (Å²) in [5.74, 6) is 0.611. The minimum absolute atomic E-state index is 0.0178. The number of benzene rings is 2. The number of nitrogens with one attached hydrogen (secondary N) is 1. The van der Waals surface area contributed by atoms with Crippen LogP contribution in [0.3, 0.4) is 0 Å². The molecule has 0 aliphatic carbocycles. The van der Waals surface area contributed by atoms with Gasteiger partial charge in [-0.2, -0.15) is 5.10 Å². The standard InChI is InChI=1S/C18H18IN3O6/c1-11-4-5-15(14(6-11)22(24)25)28-10-17(23)21-20-9-12-7-13(19)18(27-3)16(8-12)26-2/h4-9H,10H2,1-3H3,(H,21,23). The van der Waals surface area contributed by atoms with Crippen molar-refractivity contribution < 1.29 is 23.9 Å². The fourth-order valence-electron chi connectivity index (χ4n) is 2.26. The fourth-order valence-corrected chi connectivity index (χ4v) is 3.10. The number of hydrogen-bond acceptors (Lipinski definition) is 7. The third-order valence-electron chi connectivity index (χ3n) is 3.53. The van der Waals surface area contributed by atoms with Gasteiger partial charge in [-0.25, -0.2) is 5.43 Å². The molecular formula is C18H18IN3O6. The van der Waals surface area contributed by atoms with Gasteiger partial charge in [-0.3, -0.25) is 14.9 Å². The quantitative estimate of drug-likeness (QED) is 0.259. The number of hydrazone groups is 1. The number of hydrogen-bond donors (Lipinski definition) is 1. The maximum absolute atomic E-state index is 11.9. The topological polar surface area (TPSA) is 112 Å². The molecule has 0 atom stereocenters. The summed E-state index contributed by atoms with van der Waals surface area (Å²) in [4.78, 5) is 22.4. The molecule has 0 heterocycles. The third-order valence-corrected chi connectivity index (χ3v) is 4.33. The summed E-state index contributed by atoms with van der Waals surface area (Å²) in [6, 6.07) is 8.02. The number of halogens is 1. The van der Waals surface area contributed by atoms with Crippen molar-refractivity contribution in [2.24, 2.45) is 5.10 Å². The molecule has 10 heteroatoms. The van der Waals surface area contributed by atoms with Crippen molar-refractivity contribution in [2.45, 2.75) is 6.92 Å². The molecule has 0 aliphatic rings. The number of methoxy groups -OCH3 is 2. The van der Waals surface area contributed by atoms with Crippen molar-refractivity contribution in [1.29, 1.82) is 0 Å². The molecule has 28 heavy (non-hydrogen) atoms. The van der Waals surface area contributed by atoms with Gasteiger partial charge in [-0.05, 0) is 58.8 Å². The second-order valence-electron chi connectivity index (χ2n) is 5.55. The van der Waals surface area contributed by atoms with Gasteiger partial charge in [-0.15, -0.1) is 0 Å². The van der Waals surface area contributed by atoms with E-state index in [0.29, 0.717) is 17.1 Å². The zero-order chi connectivity index (χ0) is 20.7. The second-order valence-corrected chi connectivity index (χ2v) is 6.71. The number of carbonyl (C=O) groups is 1. The molecule has 0 bridgehead atoms. The van der Waals surface area contributed by atoms with Gasteiger partial charge in [-0.1, -0.05) is 6.07 Å². The monoisotopic (exact) mass is 499 g/mol. The van der Waals surface area contributed by atoms with Crippen LogP contribution in [0.1, 0.15) is 11.1 Å². The summed E-state index contributed by atoms with van der Waals surface area (Å²) in [6.07, 6.45) is 1.44. The number of amides is 1. The highest BCUT2D eigenvalue weighted by Crippen LogP contribution is 2.33. The number of nitro benzene ring substituents is 1. The van der Waals surface area contributed by atoms with E-state index in [0.717, 1.165) is 9.13 Å². The van der Waals surface area contributed by atoms with E-state index in [1.807, 2.05) is 6.07 Å². The average Bonchev–Trinajstić information content (AvgIpc) is 2.66.